The van der Waals surface area contributed by atoms with E-state index < -0.39 is 5.97 Å². The van der Waals surface area contributed by atoms with Crippen molar-refractivity contribution < 1.29 is 9.53 Å². The molecule has 0 heterocycles. The Kier molecular flexibility index (Phi) is 4.43. The summed E-state index contributed by atoms with van der Waals surface area (Å²) in [6.45, 7) is 0. The molecule has 3 nitrogen and oxygen atoms in total. The fourth-order valence-corrected chi connectivity index (χ4v) is 2.45. The predicted octanol–water partition coefficient (Wildman–Crippen LogP) is 4.68. The monoisotopic (exact) mass is 329 g/mol. The summed E-state index contributed by atoms with van der Waals surface area (Å²) in [5, 5.41) is 1.09. The minimum absolute atomic E-state index is 0.186. The van der Waals surface area contributed by atoms with E-state index in [1.165, 1.54) is 13.2 Å². The number of ether oxygens (including phenoxy) is 1. The van der Waals surface area contributed by atoms with E-state index in [0.29, 0.717) is 26.2 Å². The van der Waals surface area contributed by atoms with E-state index in [2.05, 4.69) is 4.74 Å². The standard InChI is InChI=1S/C14H10Cl3NO2/c1-20-14(19)10-6-7(15)5-9(13(10)18)8-3-2-4-11(16)12(8)17/h2-6H,18H2,1H3. The zero-order chi connectivity index (χ0) is 14.9. The minimum atomic E-state index is -0.565. The van der Waals surface area contributed by atoms with Crippen LogP contribution in [0.2, 0.25) is 15.1 Å². The summed E-state index contributed by atoms with van der Waals surface area (Å²) in [4.78, 5) is 11.7. The van der Waals surface area contributed by atoms with E-state index in [9.17, 15) is 4.79 Å². The molecule has 0 aliphatic carbocycles. The topological polar surface area (TPSA) is 52.3 Å². The molecule has 0 spiro atoms. The summed E-state index contributed by atoms with van der Waals surface area (Å²) >= 11 is 18.2. The van der Waals surface area contributed by atoms with Crippen molar-refractivity contribution in [2.45, 2.75) is 0 Å². The van der Waals surface area contributed by atoms with Crippen molar-refractivity contribution >= 4 is 46.5 Å². The zero-order valence-corrected chi connectivity index (χ0v) is 12.7. The smallest absolute Gasteiger partial charge is 0.340 e. The number of hydrogen-bond donors (Lipinski definition) is 1. The van der Waals surface area contributed by atoms with Gasteiger partial charge in [0.2, 0.25) is 0 Å². The van der Waals surface area contributed by atoms with Crippen LogP contribution in [0.4, 0.5) is 5.69 Å². The molecule has 0 saturated carbocycles. The molecule has 2 N–H and O–H groups in total. The predicted molar refractivity (Wildman–Crippen MR) is 82.7 cm³/mol. The zero-order valence-electron chi connectivity index (χ0n) is 10.4. The third-order valence-electron chi connectivity index (χ3n) is 2.79. The lowest BCUT2D eigenvalue weighted by Crippen LogP contribution is -2.07. The number of carbonyl (C=O) groups is 1. The van der Waals surface area contributed by atoms with Crippen LogP contribution in [0, 0.1) is 0 Å². The van der Waals surface area contributed by atoms with Gasteiger partial charge in [0, 0.05) is 16.1 Å². The maximum Gasteiger partial charge on any atom is 0.340 e. The molecule has 2 rings (SSSR count). The highest BCUT2D eigenvalue weighted by Crippen LogP contribution is 2.39. The van der Waals surface area contributed by atoms with Crippen LogP contribution in [0.15, 0.2) is 30.3 Å². The van der Waals surface area contributed by atoms with Crippen molar-refractivity contribution in [3.8, 4) is 11.1 Å². The van der Waals surface area contributed by atoms with Crippen LogP contribution in [0.1, 0.15) is 10.4 Å². The van der Waals surface area contributed by atoms with Crippen LogP contribution >= 0.6 is 34.8 Å². The van der Waals surface area contributed by atoms with Crippen molar-refractivity contribution in [1.82, 2.24) is 0 Å². The van der Waals surface area contributed by atoms with Crippen LogP contribution in [0.25, 0.3) is 11.1 Å². The van der Waals surface area contributed by atoms with Crippen LogP contribution < -0.4 is 5.73 Å². The van der Waals surface area contributed by atoms with E-state index in [-0.39, 0.29) is 11.3 Å². The summed E-state index contributed by atoms with van der Waals surface area (Å²) in [7, 11) is 1.27. The lowest BCUT2D eigenvalue weighted by atomic mass is 10.00. The van der Waals surface area contributed by atoms with Crippen LogP contribution in [0.5, 0.6) is 0 Å². The molecule has 0 aliphatic rings. The number of rotatable bonds is 2. The van der Waals surface area contributed by atoms with Crippen LogP contribution in [-0.4, -0.2) is 13.1 Å². The maximum absolute atomic E-state index is 11.7. The van der Waals surface area contributed by atoms with E-state index in [0.717, 1.165) is 0 Å². The second-order valence-electron chi connectivity index (χ2n) is 4.01. The molecule has 104 valence electrons. The van der Waals surface area contributed by atoms with Crippen molar-refractivity contribution in [2.24, 2.45) is 0 Å². The van der Waals surface area contributed by atoms with Crippen molar-refractivity contribution in [2.75, 3.05) is 12.8 Å². The molecule has 2 aromatic rings. The fraction of sp³-hybridized carbons (Fsp3) is 0.0714. The van der Waals surface area contributed by atoms with Gasteiger partial charge in [0.15, 0.2) is 0 Å². The lowest BCUT2D eigenvalue weighted by molar-refractivity contribution is 0.0602. The molecular formula is C14H10Cl3NO2. The molecule has 0 saturated heterocycles. The first-order chi connectivity index (χ1) is 9.45. The number of benzene rings is 2. The van der Waals surface area contributed by atoms with Gasteiger partial charge < -0.3 is 10.5 Å². The first-order valence-corrected chi connectivity index (χ1v) is 6.70. The summed E-state index contributed by atoms with van der Waals surface area (Å²) in [5.41, 5.74) is 7.58. The van der Waals surface area contributed by atoms with E-state index >= 15 is 0 Å². The third-order valence-corrected chi connectivity index (χ3v) is 3.83. The van der Waals surface area contributed by atoms with Gasteiger partial charge >= 0.3 is 5.97 Å². The molecule has 20 heavy (non-hydrogen) atoms. The second kappa shape index (κ2) is 5.92. The summed E-state index contributed by atoms with van der Waals surface area (Å²) in [5.74, 6) is -0.565. The van der Waals surface area contributed by atoms with Gasteiger partial charge in [0.05, 0.1) is 28.4 Å². The molecule has 0 amide bonds. The highest BCUT2D eigenvalue weighted by atomic mass is 35.5. The average molecular weight is 331 g/mol. The number of hydrogen-bond acceptors (Lipinski definition) is 3. The van der Waals surface area contributed by atoms with Crippen LogP contribution in [-0.2, 0) is 4.74 Å². The van der Waals surface area contributed by atoms with Gasteiger partial charge in [-0.1, -0.05) is 46.9 Å². The Morgan fingerprint density at radius 1 is 1.15 bits per heavy atom. The first kappa shape index (κ1) is 15.0. The van der Waals surface area contributed by atoms with Gasteiger partial charge in [-0.05, 0) is 18.2 Å². The Morgan fingerprint density at radius 3 is 2.50 bits per heavy atom. The maximum atomic E-state index is 11.7. The Labute approximate surface area is 131 Å². The number of esters is 1. The molecule has 0 fully saturated rings. The van der Waals surface area contributed by atoms with Gasteiger partial charge in [-0.3, -0.25) is 0 Å². The van der Waals surface area contributed by atoms with Crippen LogP contribution in [0.3, 0.4) is 0 Å². The molecule has 0 unspecified atom stereocenters. The SMILES string of the molecule is COC(=O)c1cc(Cl)cc(-c2cccc(Cl)c2Cl)c1N. The highest BCUT2D eigenvalue weighted by Gasteiger charge is 2.18. The van der Waals surface area contributed by atoms with Crippen molar-refractivity contribution in [3.63, 3.8) is 0 Å². The quantitative estimate of drug-likeness (QED) is 0.642. The Bertz CT molecular complexity index is 686. The molecule has 0 aromatic heterocycles. The lowest BCUT2D eigenvalue weighted by Gasteiger charge is -2.13. The second-order valence-corrected chi connectivity index (χ2v) is 5.23. The molecule has 2 aromatic carbocycles. The van der Waals surface area contributed by atoms with E-state index in [1.54, 1.807) is 24.3 Å². The van der Waals surface area contributed by atoms with Crippen molar-refractivity contribution in [1.29, 1.82) is 0 Å². The summed E-state index contributed by atoms with van der Waals surface area (Å²) in [6.07, 6.45) is 0. The number of methoxy groups -OCH3 is 1. The molecule has 0 atom stereocenters. The number of nitrogens with two attached hydrogens (primary N) is 1. The van der Waals surface area contributed by atoms with E-state index in [4.69, 9.17) is 40.5 Å². The molecule has 0 radical (unpaired) electrons. The summed E-state index contributed by atoms with van der Waals surface area (Å²) in [6, 6.07) is 8.22. The molecule has 6 heteroatoms. The molecule has 0 aliphatic heterocycles. The minimum Gasteiger partial charge on any atom is -0.465 e. The van der Waals surface area contributed by atoms with Gasteiger partial charge in [0.1, 0.15) is 0 Å². The number of nitrogen functional groups attached to an aromatic ring is 1. The van der Waals surface area contributed by atoms with Gasteiger partial charge in [-0.2, -0.15) is 0 Å². The molecular weight excluding hydrogens is 321 g/mol. The van der Waals surface area contributed by atoms with Gasteiger partial charge in [-0.15, -0.1) is 0 Å². The number of halogens is 3. The van der Waals surface area contributed by atoms with Crippen molar-refractivity contribution in [3.05, 3.63) is 51.0 Å². The summed E-state index contributed by atoms with van der Waals surface area (Å²) < 4.78 is 4.68. The number of anilines is 1. The van der Waals surface area contributed by atoms with Gasteiger partial charge in [-0.25, -0.2) is 4.79 Å². The first-order valence-electron chi connectivity index (χ1n) is 5.57. The average Bonchev–Trinajstić information content (AvgIpc) is 2.43. The normalized spacial score (nSPS) is 10.4. The van der Waals surface area contributed by atoms with E-state index in [1.807, 2.05) is 0 Å². The number of carbonyl (C=O) groups excluding carboxylic acids is 1. The fourth-order valence-electron chi connectivity index (χ4n) is 1.83. The Balaban J connectivity index is 2.72. The Morgan fingerprint density at radius 2 is 1.85 bits per heavy atom. The highest BCUT2D eigenvalue weighted by molar-refractivity contribution is 6.44. The third kappa shape index (κ3) is 2.70. The van der Waals surface area contributed by atoms with Gasteiger partial charge in [0.25, 0.3) is 0 Å². The molecule has 0 bridgehead atoms. The Hall–Kier alpha value is -1.42. The largest absolute Gasteiger partial charge is 0.465 e.